The van der Waals surface area contributed by atoms with E-state index in [9.17, 15) is 38.4 Å². The lowest BCUT2D eigenvalue weighted by Crippen LogP contribution is -2.68. The van der Waals surface area contributed by atoms with Crippen LogP contribution in [0.25, 0.3) is 22.4 Å². The van der Waals surface area contributed by atoms with Gasteiger partial charge in [0.25, 0.3) is 5.79 Å². The molecule has 0 unspecified atom stereocenters. The predicted molar refractivity (Wildman–Crippen MR) is 190 cm³/mol. The number of carboxylic acid groups (broad SMARTS) is 1. The van der Waals surface area contributed by atoms with Crippen molar-refractivity contribution in [2.75, 3.05) is 26.0 Å². The number of carbonyl (C=O) groups is 2. The maximum Gasteiger partial charge on any atom is 0.364 e. The summed E-state index contributed by atoms with van der Waals surface area (Å²) >= 11 is 0. The topological polar surface area (TPSA) is 232 Å². The summed E-state index contributed by atoms with van der Waals surface area (Å²) in [6, 6.07) is 25.4. The molecule has 1 fully saturated rings. The molecule has 0 bridgehead atoms. The second-order valence-electron chi connectivity index (χ2n) is 12.7. The number of aryl methyl sites for hydroxylation is 1. The van der Waals surface area contributed by atoms with Crippen LogP contribution in [0.3, 0.4) is 0 Å². The van der Waals surface area contributed by atoms with Crippen molar-refractivity contribution in [2.45, 2.75) is 62.2 Å². The second kappa shape index (κ2) is 18.0. The van der Waals surface area contributed by atoms with Crippen molar-refractivity contribution in [2.24, 2.45) is 0 Å². The van der Waals surface area contributed by atoms with Crippen molar-refractivity contribution < 1.29 is 52.6 Å². The standard InChI is InChI=1S/C36H43N5O11S/c1-53(48,49)37-20-30(43)33(45)34-32(38-31(44)23-50-22-24-9-4-2-5-10-24)29(42)19-36(52-34,35(46)47)51-18-8-17-41-21-28(39-40-41)27-15-13-26(14-16-27)25-11-6-3-7-12-25/h2-7,9-16,21,29-30,32-34,37,42-43,45H,8,17-20,22-23H2,1H3,(H,38,44)(H,46,47)/t29-,30+,32+,33+,34+,36+/m0/s1. The molecule has 4 aromatic rings. The Balaban J connectivity index is 1.22. The molecule has 1 aromatic heterocycles. The first kappa shape index (κ1) is 39.6. The fourth-order valence-corrected chi connectivity index (χ4v) is 6.30. The van der Waals surface area contributed by atoms with E-state index in [4.69, 9.17) is 14.2 Å². The number of nitrogens with zero attached hydrogens (tertiary/aromatic N) is 3. The van der Waals surface area contributed by atoms with Gasteiger partial charge in [-0.3, -0.25) is 9.48 Å². The molecule has 1 amide bonds. The van der Waals surface area contributed by atoms with Gasteiger partial charge >= 0.3 is 5.97 Å². The number of benzene rings is 3. The van der Waals surface area contributed by atoms with E-state index in [0.717, 1.165) is 28.5 Å². The van der Waals surface area contributed by atoms with Crippen LogP contribution < -0.4 is 10.0 Å². The lowest BCUT2D eigenvalue weighted by atomic mass is 9.88. The van der Waals surface area contributed by atoms with E-state index in [1.165, 1.54) is 0 Å². The van der Waals surface area contributed by atoms with E-state index >= 15 is 0 Å². The monoisotopic (exact) mass is 753 g/mol. The van der Waals surface area contributed by atoms with Gasteiger partial charge in [-0.15, -0.1) is 5.10 Å². The van der Waals surface area contributed by atoms with Crippen molar-refractivity contribution in [3.8, 4) is 22.4 Å². The Labute approximate surface area is 306 Å². The minimum absolute atomic E-state index is 0.105. The van der Waals surface area contributed by atoms with E-state index in [1.54, 1.807) is 35.1 Å². The van der Waals surface area contributed by atoms with Crippen LogP contribution in [0.4, 0.5) is 0 Å². The smallest absolute Gasteiger partial charge is 0.364 e. The molecule has 2 heterocycles. The number of aliphatic carboxylic acids is 1. The maximum atomic E-state index is 12.8. The van der Waals surface area contributed by atoms with E-state index in [1.807, 2.05) is 60.7 Å². The van der Waals surface area contributed by atoms with Gasteiger partial charge in [-0.1, -0.05) is 90.1 Å². The summed E-state index contributed by atoms with van der Waals surface area (Å²) in [5.41, 5.74) is 4.42. The van der Waals surface area contributed by atoms with Gasteiger partial charge in [0.15, 0.2) is 0 Å². The number of rotatable bonds is 18. The van der Waals surface area contributed by atoms with E-state index < -0.39 is 77.7 Å². The molecule has 3 aromatic carbocycles. The number of hydrogen-bond acceptors (Lipinski definition) is 12. The lowest BCUT2D eigenvalue weighted by molar-refractivity contribution is -0.310. The van der Waals surface area contributed by atoms with Gasteiger partial charge in [-0.05, 0) is 23.1 Å². The minimum Gasteiger partial charge on any atom is -0.477 e. The average Bonchev–Trinajstić information content (AvgIpc) is 3.62. The predicted octanol–water partition coefficient (Wildman–Crippen LogP) is 0.922. The minimum atomic E-state index is -3.79. The van der Waals surface area contributed by atoms with Crippen molar-refractivity contribution in [3.05, 3.63) is 96.7 Å². The SMILES string of the molecule is CS(=O)(=O)NC[C@@H](O)[C@@H](O)[C@@H]1O[C@@](OCCCn2cc(-c3ccc(-c4ccccc4)cc3)nn2)(C(=O)O)C[C@H](O)[C@H]1NC(=O)COCc1ccccc1. The zero-order valence-corrected chi connectivity index (χ0v) is 29.7. The number of hydrogen-bond donors (Lipinski definition) is 6. The van der Waals surface area contributed by atoms with Crippen LogP contribution in [0, 0.1) is 0 Å². The number of carboxylic acids is 1. The van der Waals surface area contributed by atoms with Gasteiger partial charge in [-0.2, -0.15) is 0 Å². The van der Waals surface area contributed by atoms with Crippen molar-refractivity contribution in [1.29, 1.82) is 0 Å². The highest BCUT2D eigenvalue weighted by atomic mass is 32.2. The van der Waals surface area contributed by atoms with E-state index in [2.05, 4.69) is 20.4 Å². The highest BCUT2D eigenvalue weighted by Gasteiger charge is 2.55. The van der Waals surface area contributed by atoms with Crippen LogP contribution in [0.1, 0.15) is 18.4 Å². The van der Waals surface area contributed by atoms with Gasteiger partial charge in [-0.25, -0.2) is 17.9 Å². The van der Waals surface area contributed by atoms with Gasteiger partial charge in [0, 0.05) is 25.1 Å². The first-order valence-corrected chi connectivity index (χ1v) is 18.7. The fraction of sp³-hybridized carbons (Fsp3) is 0.389. The molecule has 1 aliphatic rings. The van der Waals surface area contributed by atoms with Crippen LogP contribution in [0.15, 0.2) is 91.1 Å². The molecule has 5 rings (SSSR count). The van der Waals surface area contributed by atoms with Crippen molar-refractivity contribution in [3.63, 3.8) is 0 Å². The van der Waals surface area contributed by atoms with Crippen LogP contribution in [0.2, 0.25) is 0 Å². The maximum absolute atomic E-state index is 12.8. The lowest BCUT2D eigenvalue weighted by Gasteiger charge is -2.46. The van der Waals surface area contributed by atoms with Crippen molar-refractivity contribution in [1.82, 2.24) is 25.0 Å². The molecule has 1 aliphatic heterocycles. The molecule has 6 N–H and O–H groups in total. The normalized spacial score (nSPS) is 21.5. The van der Waals surface area contributed by atoms with Crippen LogP contribution in [0.5, 0.6) is 0 Å². The molecule has 53 heavy (non-hydrogen) atoms. The Morgan fingerprint density at radius 2 is 1.64 bits per heavy atom. The molecule has 17 heteroatoms. The number of amides is 1. The zero-order chi connectivity index (χ0) is 38.0. The van der Waals surface area contributed by atoms with Gasteiger partial charge in [0.2, 0.25) is 15.9 Å². The zero-order valence-electron chi connectivity index (χ0n) is 28.9. The number of aromatic nitrogens is 3. The largest absolute Gasteiger partial charge is 0.477 e. The highest BCUT2D eigenvalue weighted by Crippen LogP contribution is 2.34. The van der Waals surface area contributed by atoms with Crippen molar-refractivity contribution >= 4 is 21.9 Å². The Morgan fingerprint density at radius 1 is 1.00 bits per heavy atom. The quantitative estimate of drug-likeness (QED) is 0.0778. The van der Waals surface area contributed by atoms with Gasteiger partial charge < -0.3 is 40.0 Å². The number of carbonyl (C=O) groups excluding carboxylic acids is 1. The third-order valence-electron chi connectivity index (χ3n) is 8.55. The summed E-state index contributed by atoms with van der Waals surface area (Å²) < 4.78 is 43.8. The summed E-state index contributed by atoms with van der Waals surface area (Å²) in [6.45, 7) is -0.951. The van der Waals surface area contributed by atoms with E-state index in [0.29, 0.717) is 5.69 Å². The summed E-state index contributed by atoms with van der Waals surface area (Å²) in [4.78, 5) is 25.5. The number of aliphatic hydroxyl groups excluding tert-OH is 3. The molecule has 0 aliphatic carbocycles. The third kappa shape index (κ3) is 11.0. The van der Waals surface area contributed by atoms with Crippen LogP contribution in [-0.2, 0) is 47.0 Å². The Morgan fingerprint density at radius 3 is 2.30 bits per heavy atom. The molecule has 284 valence electrons. The molecule has 16 nitrogen and oxygen atoms in total. The molecule has 0 spiro atoms. The Kier molecular flexibility index (Phi) is 13.4. The molecule has 0 radical (unpaired) electrons. The molecular weight excluding hydrogens is 710 g/mol. The molecule has 0 saturated carbocycles. The van der Waals surface area contributed by atoms with Gasteiger partial charge in [0.05, 0.1) is 43.9 Å². The highest BCUT2D eigenvalue weighted by molar-refractivity contribution is 7.88. The summed E-state index contributed by atoms with van der Waals surface area (Å²) in [7, 11) is -3.79. The number of ether oxygens (including phenoxy) is 3. The summed E-state index contributed by atoms with van der Waals surface area (Å²) in [5, 5.41) is 54.1. The number of nitrogens with one attached hydrogen (secondary N) is 2. The molecule has 1 saturated heterocycles. The number of aliphatic hydroxyl groups is 3. The average molecular weight is 754 g/mol. The third-order valence-corrected chi connectivity index (χ3v) is 9.24. The van der Waals surface area contributed by atoms with Gasteiger partial charge in [0.1, 0.15) is 24.5 Å². The first-order chi connectivity index (χ1) is 25.3. The molecule has 6 atom stereocenters. The number of sulfonamides is 1. The summed E-state index contributed by atoms with van der Waals surface area (Å²) in [6.07, 6.45) is -5.10. The molecular formula is C36H43N5O11S. The fourth-order valence-electron chi connectivity index (χ4n) is 5.82. The summed E-state index contributed by atoms with van der Waals surface area (Å²) in [5.74, 6) is -4.86. The Hall–Kier alpha value is -4.59. The van der Waals surface area contributed by atoms with E-state index in [-0.39, 0.29) is 26.2 Å². The Bertz CT molecular complexity index is 1900. The van der Waals surface area contributed by atoms with Crippen LogP contribution >= 0.6 is 0 Å². The van der Waals surface area contributed by atoms with Crippen LogP contribution in [-0.4, -0.2) is 118 Å². The first-order valence-electron chi connectivity index (χ1n) is 16.8. The second-order valence-corrected chi connectivity index (χ2v) is 14.5.